The van der Waals surface area contributed by atoms with E-state index in [4.69, 9.17) is 0 Å². The van der Waals surface area contributed by atoms with Gasteiger partial charge in [-0.05, 0) is 37.3 Å². The minimum absolute atomic E-state index is 0.113. The van der Waals surface area contributed by atoms with E-state index in [1.54, 1.807) is 36.9 Å². The molecule has 0 unspecified atom stereocenters. The highest BCUT2D eigenvalue weighted by Gasteiger charge is 2.20. The molecule has 0 saturated heterocycles. The van der Waals surface area contributed by atoms with Crippen molar-refractivity contribution in [1.82, 2.24) is 19.3 Å². The third-order valence-electron chi connectivity index (χ3n) is 4.92. The topological polar surface area (TPSA) is 106 Å². The van der Waals surface area contributed by atoms with Crippen LogP contribution in [0.25, 0.3) is 22.8 Å². The van der Waals surface area contributed by atoms with Crippen LogP contribution in [0.1, 0.15) is 11.4 Å². The lowest BCUT2D eigenvalue weighted by atomic mass is 10.2. The van der Waals surface area contributed by atoms with E-state index in [1.807, 2.05) is 42.5 Å². The summed E-state index contributed by atoms with van der Waals surface area (Å²) >= 11 is 0. The van der Waals surface area contributed by atoms with Crippen molar-refractivity contribution in [2.24, 2.45) is 7.05 Å². The van der Waals surface area contributed by atoms with E-state index in [-0.39, 0.29) is 16.8 Å². The first-order chi connectivity index (χ1) is 15.0. The van der Waals surface area contributed by atoms with Crippen LogP contribution in [0.3, 0.4) is 0 Å². The van der Waals surface area contributed by atoms with Gasteiger partial charge < -0.3 is 5.32 Å². The first-order valence-corrected chi connectivity index (χ1v) is 9.48. The summed E-state index contributed by atoms with van der Waals surface area (Å²) in [4.78, 5) is 34.4. The Kier molecular flexibility index (Phi) is 5.16. The summed E-state index contributed by atoms with van der Waals surface area (Å²) in [6.07, 6.45) is 2.84. The molecule has 2 aromatic heterocycles. The Morgan fingerprint density at radius 1 is 1.10 bits per heavy atom. The molecule has 8 nitrogen and oxygen atoms in total. The number of hydrogen-bond donors (Lipinski definition) is 1. The van der Waals surface area contributed by atoms with Gasteiger partial charge in [0, 0.05) is 7.05 Å². The standard InChI is InChI=1S/C23H18N6O2/c1-15-21(23(31)29(28(15)2)18-8-4-3-5-9-18)27-22(30)16(13-24)12-17-14-25-19-10-6-7-11-20(19)26-17/h3-12,14H,1-2H3,(H,27,30)/b16-12+. The quantitative estimate of drug-likeness (QED) is 0.411. The number of benzene rings is 2. The van der Waals surface area contributed by atoms with Gasteiger partial charge in [-0.25, -0.2) is 9.67 Å². The van der Waals surface area contributed by atoms with Gasteiger partial charge in [-0.1, -0.05) is 30.3 Å². The van der Waals surface area contributed by atoms with Crippen molar-refractivity contribution in [2.45, 2.75) is 6.92 Å². The third-order valence-corrected chi connectivity index (χ3v) is 4.92. The summed E-state index contributed by atoms with van der Waals surface area (Å²) in [5.41, 5.74) is 2.51. The van der Waals surface area contributed by atoms with Crippen LogP contribution in [0.4, 0.5) is 5.69 Å². The highest BCUT2D eigenvalue weighted by atomic mass is 16.2. The van der Waals surface area contributed by atoms with E-state index in [0.29, 0.717) is 28.1 Å². The second kappa shape index (κ2) is 8.08. The van der Waals surface area contributed by atoms with Crippen LogP contribution in [0.2, 0.25) is 0 Å². The van der Waals surface area contributed by atoms with E-state index in [0.717, 1.165) is 0 Å². The summed E-state index contributed by atoms with van der Waals surface area (Å²) in [5.74, 6) is -0.691. The number of nitrogens with zero attached hydrogens (tertiary/aromatic N) is 5. The number of rotatable bonds is 4. The number of aromatic nitrogens is 4. The predicted molar refractivity (Wildman–Crippen MR) is 118 cm³/mol. The third kappa shape index (κ3) is 3.72. The summed E-state index contributed by atoms with van der Waals surface area (Å²) in [6.45, 7) is 1.72. The minimum Gasteiger partial charge on any atom is -0.315 e. The van der Waals surface area contributed by atoms with Gasteiger partial charge in [-0.3, -0.25) is 19.3 Å². The lowest BCUT2D eigenvalue weighted by Crippen LogP contribution is -2.23. The molecule has 0 fully saturated rings. The molecule has 4 rings (SSSR count). The first kappa shape index (κ1) is 19.8. The molecule has 152 valence electrons. The lowest BCUT2D eigenvalue weighted by molar-refractivity contribution is -0.112. The zero-order valence-corrected chi connectivity index (χ0v) is 16.9. The summed E-state index contributed by atoms with van der Waals surface area (Å²) in [7, 11) is 1.73. The van der Waals surface area contributed by atoms with Crippen LogP contribution >= 0.6 is 0 Å². The summed E-state index contributed by atoms with van der Waals surface area (Å²) < 4.78 is 3.10. The van der Waals surface area contributed by atoms with Crippen LogP contribution in [0.15, 0.2) is 71.2 Å². The van der Waals surface area contributed by atoms with Crippen LogP contribution < -0.4 is 10.9 Å². The average molecular weight is 410 g/mol. The van der Waals surface area contributed by atoms with Gasteiger partial charge in [-0.15, -0.1) is 0 Å². The largest absolute Gasteiger partial charge is 0.315 e. The molecule has 8 heteroatoms. The van der Waals surface area contributed by atoms with Crippen molar-refractivity contribution in [1.29, 1.82) is 5.26 Å². The number of nitriles is 1. The van der Waals surface area contributed by atoms with E-state index in [9.17, 15) is 14.9 Å². The van der Waals surface area contributed by atoms with E-state index >= 15 is 0 Å². The molecule has 2 heterocycles. The second-order valence-electron chi connectivity index (χ2n) is 6.84. The predicted octanol–water partition coefficient (Wildman–Crippen LogP) is 2.97. The monoisotopic (exact) mass is 410 g/mol. The zero-order valence-electron chi connectivity index (χ0n) is 16.9. The van der Waals surface area contributed by atoms with Crippen molar-refractivity contribution in [3.8, 4) is 11.8 Å². The number of fused-ring (bicyclic) bond motifs is 1. The number of carbonyl (C=O) groups is 1. The van der Waals surface area contributed by atoms with Crippen molar-refractivity contribution in [3.05, 3.63) is 88.1 Å². The maximum atomic E-state index is 13.0. The molecule has 0 saturated carbocycles. The highest BCUT2D eigenvalue weighted by Crippen LogP contribution is 2.16. The number of carbonyl (C=O) groups excluding carboxylic acids is 1. The molecule has 0 radical (unpaired) electrons. The summed E-state index contributed by atoms with van der Waals surface area (Å²) in [5, 5.41) is 12.1. The zero-order chi connectivity index (χ0) is 22.0. The normalized spacial score (nSPS) is 11.3. The van der Waals surface area contributed by atoms with Gasteiger partial charge in [0.05, 0.1) is 34.3 Å². The second-order valence-corrected chi connectivity index (χ2v) is 6.84. The molecular formula is C23H18N6O2. The van der Waals surface area contributed by atoms with E-state index in [2.05, 4.69) is 15.3 Å². The van der Waals surface area contributed by atoms with Crippen molar-refractivity contribution < 1.29 is 4.79 Å². The highest BCUT2D eigenvalue weighted by molar-refractivity contribution is 6.09. The van der Waals surface area contributed by atoms with Gasteiger partial charge >= 0.3 is 0 Å². The van der Waals surface area contributed by atoms with Crippen molar-refractivity contribution >= 4 is 28.7 Å². The molecule has 1 amide bonds. The summed E-state index contributed by atoms with van der Waals surface area (Å²) in [6, 6.07) is 18.3. The molecule has 31 heavy (non-hydrogen) atoms. The smallest absolute Gasteiger partial charge is 0.295 e. The fourth-order valence-corrected chi connectivity index (χ4v) is 3.23. The molecule has 0 bridgehead atoms. The van der Waals surface area contributed by atoms with Crippen LogP contribution in [-0.4, -0.2) is 25.2 Å². The Balaban J connectivity index is 1.67. The van der Waals surface area contributed by atoms with Crippen molar-refractivity contribution in [3.63, 3.8) is 0 Å². The molecule has 1 N–H and O–H groups in total. The molecule has 0 aliphatic rings. The first-order valence-electron chi connectivity index (χ1n) is 9.48. The Bertz CT molecular complexity index is 1420. The molecule has 0 aliphatic carbocycles. The maximum absolute atomic E-state index is 13.0. The average Bonchev–Trinajstić information content (AvgIpc) is 3.00. The Morgan fingerprint density at radius 3 is 2.48 bits per heavy atom. The van der Waals surface area contributed by atoms with Gasteiger partial charge in [0.2, 0.25) is 0 Å². The van der Waals surface area contributed by atoms with Crippen LogP contribution in [0.5, 0.6) is 0 Å². The van der Waals surface area contributed by atoms with Gasteiger partial charge in [0.25, 0.3) is 11.5 Å². The van der Waals surface area contributed by atoms with Gasteiger partial charge in [0.15, 0.2) is 0 Å². The number of amides is 1. The minimum atomic E-state index is -0.691. The van der Waals surface area contributed by atoms with Crippen molar-refractivity contribution in [2.75, 3.05) is 5.32 Å². The Morgan fingerprint density at radius 2 is 1.77 bits per heavy atom. The number of para-hydroxylation sites is 3. The van der Waals surface area contributed by atoms with Crippen LogP contribution in [-0.2, 0) is 11.8 Å². The molecule has 4 aromatic rings. The van der Waals surface area contributed by atoms with E-state index < -0.39 is 5.91 Å². The maximum Gasteiger partial charge on any atom is 0.295 e. The van der Waals surface area contributed by atoms with Crippen LogP contribution in [0, 0.1) is 18.3 Å². The lowest BCUT2D eigenvalue weighted by Gasteiger charge is -2.07. The molecular weight excluding hydrogens is 392 g/mol. The molecule has 0 atom stereocenters. The fraction of sp³-hybridized carbons (Fsp3) is 0.0870. The molecule has 0 spiro atoms. The molecule has 2 aromatic carbocycles. The fourth-order valence-electron chi connectivity index (χ4n) is 3.23. The van der Waals surface area contributed by atoms with Gasteiger partial charge in [-0.2, -0.15) is 5.26 Å². The number of anilines is 1. The Labute approximate surface area is 177 Å². The SMILES string of the molecule is Cc1c(NC(=O)/C(C#N)=C/c2cnc3ccccc3n2)c(=O)n(-c2ccccc2)n1C. The van der Waals surface area contributed by atoms with Gasteiger partial charge in [0.1, 0.15) is 17.3 Å². The molecule has 0 aliphatic heterocycles. The van der Waals surface area contributed by atoms with E-state index in [1.165, 1.54) is 17.0 Å². The number of nitrogens with one attached hydrogen (secondary N) is 1. The Hall–Kier alpha value is -4.51. The number of hydrogen-bond acceptors (Lipinski definition) is 5.